The van der Waals surface area contributed by atoms with Crippen molar-refractivity contribution in [2.75, 3.05) is 13.3 Å². The Balaban J connectivity index is 1.32. The van der Waals surface area contributed by atoms with E-state index in [1.807, 2.05) is 43.3 Å². The molecule has 176 valence electrons. The topological polar surface area (TPSA) is 105 Å². The van der Waals surface area contributed by atoms with Gasteiger partial charge in [-0.05, 0) is 55.0 Å². The number of aryl methyl sites for hydroxylation is 1. The van der Waals surface area contributed by atoms with Crippen LogP contribution in [0.3, 0.4) is 0 Å². The number of nitrogens with zero attached hydrogens (tertiary/aromatic N) is 1. The highest BCUT2D eigenvalue weighted by Crippen LogP contribution is 2.33. The monoisotopic (exact) mass is 468 g/mol. The number of carbonyl (C=O) groups excluding carboxylic acids is 2. The molecular weight excluding hydrogens is 444 g/mol. The van der Waals surface area contributed by atoms with Gasteiger partial charge >= 0.3 is 0 Å². The fourth-order valence-electron chi connectivity index (χ4n) is 3.74. The molecule has 0 atom stereocenters. The number of H-pyrrole nitrogens is 1. The van der Waals surface area contributed by atoms with Gasteiger partial charge in [-0.15, -0.1) is 0 Å². The number of amides is 2. The molecule has 3 N–H and O–H groups in total. The maximum absolute atomic E-state index is 13.1. The van der Waals surface area contributed by atoms with Crippen molar-refractivity contribution >= 4 is 28.9 Å². The molecule has 0 aliphatic carbocycles. The zero-order chi connectivity index (χ0) is 24.2. The fraction of sp³-hybridized carbons (Fsp3) is 0.148. The smallest absolute Gasteiger partial charge is 0.267 e. The quantitative estimate of drug-likeness (QED) is 0.359. The summed E-state index contributed by atoms with van der Waals surface area (Å²) in [5.41, 5.74) is 4.15. The lowest BCUT2D eigenvalue weighted by Crippen LogP contribution is -2.35. The summed E-state index contributed by atoms with van der Waals surface area (Å²) in [6.07, 6.45) is 2.13. The van der Waals surface area contributed by atoms with E-state index < -0.39 is 5.91 Å². The molecule has 0 spiro atoms. The molecule has 8 nitrogen and oxygen atoms in total. The molecular formula is C27H24N4O4. The summed E-state index contributed by atoms with van der Waals surface area (Å²) in [7, 11) is 0. The number of aromatic amines is 1. The number of imidazole rings is 1. The van der Waals surface area contributed by atoms with Gasteiger partial charge in [0.1, 0.15) is 11.5 Å². The molecule has 35 heavy (non-hydrogen) atoms. The van der Waals surface area contributed by atoms with Gasteiger partial charge in [0.25, 0.3) is 11.8 Å². The SMILES string of the molecule is Cc1ccc(C(=O)N/C(=C\c2ccc3c(c2)OCO3)C(=O)NCCc2nc3ccccc3[nH]2)cc1. The number of hydrogen-bond donors (Lipinski definition) is 3. The molecule has 1 aliphatic rings. The van der Waals surface area contributed by atoms with Crippen molar-refractivity contribution < 1.29 is 19.1 Å². The second kappa shape index (κ2) is 9.72. The highest BCUT2D eigenvalue weighted by molar-refractivity contribution is 6.05. The minimum absolute atomic E-state index is 0.124. The maximum Gasteiger partial charge on any atom is 0.267 e. The molecule has 1 aromatic heterocycles. The molecule has 5 rings (SSSR count). The van der Waals surface area contributed by atoms with Crippen LogP contribution in [0.2, 0.25) is 0 Å². The predicted octanol–water partition coefficient (Wildman–Crippen LogP) is 3.73. The minimum atomic E-state index is -0.403. The van der Waals surface area contributed by atoms with Crippen LogP contribution in [0, 0.1) is 6.92 Å². The average Bonchev–Trinajstić information content (AvgIpc) is 3.50. The maximum atomic E-state index is 13.1. The lowest BCUT2D eigenvalue weighted by molar-refractivity contribution is -0.117. The Labute approximate surface area is 202 Å². The Morgan fingerprint density at radius 2 is 1.83 bits per heavy atom. The predicted molar refractivity (Wildman–Crippen MR) is 132 cm³/mol. The van der Waals surface area contributed by atoms with E-state index in [4.69, 9.17) is 9.47 Å². The first-order chi connectivity index (χ1) is 17.0. The van der Waals surface area contributed by atoms with Gasteiger partial charge in [0.15, 0.2) is 11.5 Å². The number of aromatic nitrogens is 2. The largest absolute Gasteiger partial charge is 0.454 e. The van der Waals surface area contributed by atoms with Crippen molar-refractivity contribution in [3.8, 4) is 11.5 Å². The standard InChI is InChI=1S/C27H24N4O4/c1-17-6-9-19(10-7-17)26(32)31-22(14-18-8-11-23-24(15-18)35-16-34-23)27(33)28-13-12-25-29-20-4-2-3-5-21(20)30-25/h2-11,14-15H,12-13,16H2,1H3,(H,28,33)(H,29,30)(H,31,32)/b22-14-. The molecule has 0 saturated carbocycles. The van der Waals surface area contributed by atoms with E-state index in [0.29, 0.717) is 35.6 Å². The van der Waals surface area contributed by atoms with Crippen LogP contribution < -0.4 is 20.1 Å². The molecule has 0 saturated heterocycles. The van der Waals surface area contributed by atoms with Crippen LogP contribution in [-0.2, 0) is 11.2 Å². The Bertz CT molecular complexity index is 1390. The molecule has 0 unspecified atom stereocenters. The van der Waals surface area contributed by atoms with Gasteiger partial charge in [0, 0.05) is 18.5 Å². The van der Waals surface area contributed by atoms with Crippen molar-refractivity contribution in [3.05, 3.63) is 94.9 Å². The summed E-state index contributed by atoms with van der Waals surface area (Å²) >= 11 is 0. The van der Waals surface area contributed by atoms with E-state index in [1.165, 1.54) is 0 Å². The molecule has 0 radical (unpaired) electrons. The summed E-state index contributed by atoms with van der Waals surface area (Å²) in [6.45, 7) is 2.45. The number of ether oxygens (including phenoxy) is 2. The van der Waals surface area contributed by atoms with Crippen molar-refractivity contribution in [2.24, 2.45) is 0 Å². The number of nitrogens with one attached hydrogen (secondary N) is 3. The number of carbonyl (C=O) groups is 2. The third kappa shape index (κ3) is 5.16. The minimum Gasteiger partial charge on any atom is -0.454 e. The Kier molecular flexibility index (Phi) is 6.17. The molecule has 4 aromatic rings. The third-order valence-corrected chi connectivity index (χ3v) is 5.60. The van der Waals surface area contributed by atoms with Gasteiger partial charge in [0.2, 0.25) is 6.79 Å². The van der Waals surface area contributed by atoms with Gasteiger partial charge in [-0.1, -0.05) is 35.9 Å². The van der Waals surface area contributed by atoms with Crippen LogP contribution in [0.15, 0.2) is 72.4 Å². The summed E-state index contributed by atoms with van der Waals surface area (Å²) in [4.78, 5) is 33.7. The highest BCUT2D eigenvalue weighted by atomic mass is 16.7. The second-order valence-corrected chi connectivity index (χ2v) is 8.20. The van der Waals surface area contributed by atoms with Crippen LogP contribution in [0.4, 0.5) is 0 Å². The highest BCUT2D eigenvalue weighted by Gasteiger charge is 2.17. The van der Waals surface area contributed by atoms with E-state index in [9.17, 15) is 9.59 Å². The summed E-state index contributed by atoms with van der Waals surface area (Å²) in [5.74, 6) is 1.23. The number of para-hydroxylation sites is 2. The van der Waals surface area contributed by atoms with Crippen LogP contribution in [0.1, 0.15) is 27.3 Å². The van der Waals surface area contributed by atoms with Crippen LogP contribution in [-0.4, -0.2) is 35.1 Å². The third-order valence-electron chi connectivity index (χ3n) is 5.60. The molecule has 1 aliphatic heterocycles. The normalized spacial score (nSPS) is 12.5. The average molecular weight is 469 g/mol. The van der Waals surface area contributed by atoms with Crippen molar-refractivity contribution in [1.82, 2.24) is 20.6 Å². The van der Waals surface area contributed by atoms with E-state index >= 15 is 0 Å². The summed E-state index contributed by atoms with van der Waals surface area (Å²) in [5, 5.41) is 5.63. The van der Waals surface area contributed by atoms with Gasteiger partial charge in [-0.3, -0.25) is 9.59 Å². The van der Waals surface area contributed by atoms with E-state index in [0.717, 1.165) is 22.4 Å². The van der Waals surface area contributed by atoms with Gasteiger partial charge < -0.3 is 25.1 Å². The van der Waals surface area contributed by atoms with Gasteiger partial charge in [-0.2, -0.15) is 0 Å². The van der Waals surface area contributed by atoms with E-state index in [-0.39, 0.29) is 18.4 Å². The molecule has 2 heterocycles. The fourth-order valence-corrected chi connectivity index (χ4v) is 3.74. The Morgan fingerprint density at radius 1 is 1.03 bits per heavy atom. The molecule has 2 amide bonds. The second-order valence-electron chi connectivity index (χ2n) is 8.20. The lowest BCUT2D eigenvalue weighted by Gasteiger charge is -2.11. The van der Waals surface area contributed by atoms with Crippen molar-refractivity contribution in [3.63, 3.8) is 0 Å². The van der Waals surface area contributed by atoms with Crippen LogP contribution in [0.5, 0.6) is 11.5 Å². The molecule has 3 aromatic carbocycles. The van der Waals surface area contributed by atoms with E-state index in [2.05, 4.69) is 20.6 Å². The van der Waals surface area contributed by atoms with Gasteiger partial charge in [-0.25, -0.2) is 4.98 Å². The first-order valence-corrected chi connectivity index (χ1v) is 11.3. The van der Waals surface area contributed by atoms with E-state index in [1.54, 1.807) is 36.4 Å². The van der Waals surface area contributed by atoms with Crippen molar-refractivity contribution in [1.29, 1.82) is 0 Å². The molecule has 0 fully saturated rings. The van der Waals surface area contributed by atoms with Crippen LogP contribution >= 0.6 is 0 Å². The zero-order valence-electron chi connectivity index (χ0n) is 19.1. The van der Waals surface area contributed by atoms with Gasteiger partial charge in [0.05, 0.1) is 11.0 Å². The number of hydrogen-bond acceptors (Lipinski definition) is 5. The summed E-state index contributed by atoms with van der Waals surface area (Å²) in [6, 6.07) is 20.2. The Hall–Kier alpha value is -4.59. The number of benzene rings is 3. The van der Waals surface area contributed by atoms with Crippen molar-refractivity contribution in [2.45, 2.75) is 13.3 Å². The lowest BCUT2D eigenvalue weighted by atomic mass is 10.1. The molecule has 0 bridgehead atoms. The van der Waals surface area contributed by atoms with Crippen LogP contribution in [0.25, 0.3) is 17.1 Å². The number of rotatable bonds is 7. The molecule has 8 heteroatoms. The first kappa shape index (κ1) is 22.2. The number of fused-ring (bicyclic) bond motifs is 2. The Morgan fingerprint density at radius 3 is 2.66 bits per heavy atom. The summed E-state index contributed by atoms with van der Waals surface area (Å²) < 4.78 is 10.8. The zero-order valence-corrected chi connectivity index (χ0v) is 19.1. The first-order valence-electron chi connectivity index (χ1n) is 11.3.